The Hall–Kier alpha value is -0.450. The van der Waals surface area contributed by atoms with Gasteiger partial charge in [-0.25, -0.2) is 4.98 Å². The van der Waals surface area contributed by atoms with Gasteiger partial charge in [0, 0.05) is 11.1 Å². The molecule has 0 amide bonds. The molecule has 0 aromatic carbocycles. The zero-order valence-electron chi connectivity index (χ0n) is 8.49. The molecule has 3 N–H and O–H groups in total. The number of aryl methyl sites for hydroxylation is 1. The lowest BCUT2D eigenvalue weighted by Gasteiger charge is -2.12. The molecular formula is C10H17N3S. The van der Waals surface area contributed by atoms with Crippen LogP contribution >= 0.6 is 11.3 Å². The number of hydrogen-bond acceptors (Lipinski definition) is 4. The lowest BCUT2D eigenvalue weighted by Crippen LogP contribution is -2.27. The van der Waals surface area contributed by atoms with Crippen LogP contribution in [0.3, 0.4) is 0 Å². The highest BCUT2D eigenvalue weighted by molar-refractivity contribution is 7.11. The first-order valence-corrected chi connectivity index (χ1v) is 5.99. The Labute approximate surface area is 88.7 Å². The Kier molecular flexibility index (Phi) is 3.15. The molecule has 0 aliphatic heterocycles. The third kappa shape index (κ3) is 2.53. The number of nitrogens with two attached hydrogens (primary N) is 1. The number of nitrogens with one attached hydrogen (secondary N) is 1. The van der Waals surface area contributed by atoms with E-state index in [0.717, 1.165) is 17.3 Å². The zero-order valence-corrected chi connectivity index (χ0v) is 9.31. The van der Waals surface area contributed by atoms with E-state index in [0.29, 0.717) is 6.04 Å². The third-order valence-electron chi connectivity index (χ3n) is 2.74. The Morgan fingerprint density at radius 2 is 2.50 bits per heavy atom. The van der Waals surface area contributed by atoms with Crippen LogP contribution in [-0.2, 0) is 0 Å². The number of hydrogen-bond donors (Lipinski definition) is 2. The Bertz CT molecular complexity index is 293. The molecule has 0 bridgehead atoms. The number of hydrazine groups is 1. The molecule has 2 rings (SSSR count). The van der Waals surface area contributed by atoms with Crippen LogP contribution in [0.1, 0.15) is 41.6 Å². The fourth-order valence-corrected chi connectivity index (χ4v) is 2.54. The summed E-state index contributed by atoms with van der Waals surface area (Å²) in [7, 11) is 0. The van der Waals surface area contributed by atoms with E-state index in [2.05, 4.69) is 10.4 Å². The second kappa shape index (κ2) is 4.38. The molecule has 0 saturated heterocycles. The first kappa shape index (κ1) is 10.1. The summed E-state index contributed by atoms with van der Waals surface area (Å²) in [6.07, 6.45) is 7.21. The predicted octanol–water partition coefficient (Wildman–Crippen LogP) is 2.15. The number of aromatic nitrogens is 1. The van der Waals surface area contributed by atoms with E-state index in [1.807, 2.05) is 13.1 Å². The van der Waals surface area contributed by atoms with E-state index in [1.54, 1.807) is 11.3 Å². The maximum absolute atomic E-state index is 5.55. The lowest BCUT2D eigenvalue weighted by molar-refractivity contribution is 0.487. The molecule has 14 heavy (non-hydrogen) atoms. The summed E-state index contributed by atoms with van der Waals surface area (Å²) in [5, 5.41) is 1.12. The highest BCUT2D eigenvalue weighted by Crippen LogP contribution is 2.36. The van der Waals surface area contributed by atoms with Gasteiger partial charge in [-0.05, 0) is 25.7 Å². The van der Waals surface area contributed by atoms with Crippen LogP contribution in [0.4, 0.5) is 0 Å². The molecule has 4 heteroatoms. The molecule has 0 radical (unpaired) electrons. The molecular weight excluding hydrogens is 194 g/mol. The van der Waals surface area contributed by atoms with E-state index in [4.69, 9.17) is 5.84 Å². The maximum atomic E-state index is 5.55. The van der Waals surface area contributed by atoms with Crippen molar-refractivity contribution in [1.29, 1.82) is 0 Å². The van der Waals surface area contributed by atoms with Crippen molar-refractivity contribution in [2.75, 3.05) is 0 Å². The summed E-state index contributed by atoms with van der Waals surface area (Å²) < 4.78 is 0. The largest absolute Gasteiger partial charge is 0.271 e. The van der Waals surface area contributed by atoms with Gasteiger partial charge in [0.15, 0.2) is 0 Å². The third-order valence-corrected chi connectivity index (χ3v) is 3.77. The van der Waals surface area contributed by atoms with E-state index in [1.165, 1.54) is 24.1 Å². The Morgan fingerprint density at radius 1 is 1.71 bits per heavy atom. The molecule has 78 valence electrons. The second-order valence-corrected chi connectivity index (χ2v) is 5.29. The highest BCUT2D eigenvalue weighted by Gasteiger charge is 2.23. The van der Waals surface area contributed by atoms with E-state index < -0.39 is 0 Å². The summed E-state index contributed by atoms with van der Waals surface area (Å²) in [6, 6.07) is 0.307. The topological polar surface area (TPSA) is 50.9 Å². The van der Waals surface area contributed by atoms with Gasteiger partial charge in [0.2, 0.25) is 0 Å². The molecule has 1 aliphatic carbocycles. The van der Waals surface area contributed by atoms with Gasteiger partial charge in [0.05, 0.1) is 11.0 Å². The summed E-state index contributed by atoms with van der Waals surface area (Å²) in [5.74, 6) is 6.52. The quantitative estimate of drug-likeness (QED) is 0.579. The normalized spacial score (nSPS) is 18.4. The summed E-state index contributed by atoms with van der Waals surface area (Å²) in [6.45, 7) is 2.03. The molecule has 1 aliphatic rings. The summed E-state index contributed by atoms with van der Waals surface area (Å²) >= 11 is 1.74. The van der Waals surface area contributed by atoms with Gasteiger partial charge in [0.1, 0.15) is 0 Å². The number of rotatable bonds is 5. The fourth-order valence-electron chi connectivity index (χ4n) is 1.66. The van der Waals surface area contributed by atoms with Gasteiger partial charge in [-0.1, -0.05) is 12.8 Å². The second-order valence-electron chi connectivity index (χ2n) is 4.02. The first-order chi connectivity index (χ1) is 6.79. The zero-order chi connectivity index (χ0) is 9.97. The van der Waals surface area contributed by atoms with Crippen LogP contribution in [0.15, 0.2) is 6.20 Å². The summed E-state index contributed by atoms with van der Waals surface area (Å²) in [4.78, 5) is 5.52. The molecule has 1 saturated carbocycles. The van der Waals surface area contributed by atoms with Crippen LogP contribution in [0.5, 0.6) is 0 Å². The van der Waals surface area contributed by atoms with Gasteiger partial charge >= 0.3 is 0 Å². The van der Waals surface area contributed by atoms with Gasteiger partial charge in [-0.3, -0.25) is 11.3 Å². The number of nitrogens with zero attached hydrogens (tertiary/aromatic N) is 1. The van der Waals surface area contributed by atoms with E-state index in [9.17, 15) is 0 Å². The molecule has 1 aromatic heterocycles. The smallest absolute Gasteiger partial charge is 0.0897 e. The SMILES string of the molecule is Cc1ncc(C(CCC2CC2)NN)s1. The molecule has 1 atom stereocenters. The van der Waals surface area contributed by atoms with Crippen LogP contribution in [-0.4, -0.2) is 4.98 Å². The molecule has 1 unspecified atom stereocenters. The van der Waals surface area contributed by atoms with Crippen LogP contribution in [0.25, 0.3) is 0 Å². The molecule has 1 fully saturated rings. The minimum atomic E-state index is 0.307. The van der Waals surface area contributed by atoms with Crippen molar-refractivity contribution in [2.24, 2.45) is 11.8 Å². The van der Waals surface area contributed by atoms with Gasteiger partial charge in [-0.15, -0.1) is 11.3 Å². The molecule has 0 spiro atoms. The van der Waals surface area contributed by atoms with Crippen molar-refractivity contribution in [2.45, 2.75) is 38.6 Å². The van der Waals surface area contributed by atoms with E-state index >= 15 is 0 Å². The average Bonchev–Trinajstić information content (AvgIpc) is 2.90. The predicted molar refractivity (Wildman–Crippen MR) is 58.9 cm³/mol. The molecule has 3 nitrogen and oxygen atoms in total. The average molecular weight is 211 g/mol. The standard InChI is InChI=1S/C10H17N3S/c1-7-12-6-10(14-7)9(13-11)5-4-8-2-3-8/h6,8-9,13H,2-5,11H2,1H3. The minimum Gasteiger partial charge on any atom is -0.271 e. The van der Waals surface area contributed by atoms with Crippen molar-refractivity contribution in [3.63, 3.8) is 0 Å². The molecule has 1 heterocycles. The first-order valence-electron chi connectivity index (χ1n) is 5.18. The maximum Gasteiger partial charge on any atom is 0.0897 e. The number of thiazole rings is 1. The van der Waals surface area contributed by atoms with Crippen molar-refractivity contribution in [3.8, 4) is 0 Å². The van der Waals surface area contributed by atoms with Gasteiger partial charge < -0.3 is 0 Å². The minimum absolute atomic E-state index is 0.307. The highest BCUT2D eigenvalue weighted by atomic mass is 32.1. The van der Waals surface area contributed by atoms with Gasteiger partial charge in [0.25, 0.3) is 0 Å². The summed E-state index contributed by atoms with van der Waals surface area (Å²) in [5.41, 5.74) is 2.89. The lowest BCUT2D eigenvalue weighted by atomic mass is 10.1. The van der Waals surface area contributed by atoms with Crippen molar-refractivity contribution >= 4 is 11.3 Å². The van der Waals surface area contributed by atoms with Crippen molar-refractivity contribution < 1.29 is 0 Å². The van der Waals surface area contributed by atoms with Crippen molar-refractivity contribution in [1.82, 2.24) is 10.4 Å². The van der Waals surface area contributed by atoms with Crippen LogP contribution in [0.2, 0.25) is 0 Å². The van der Waals surface area contributed by atoms with Crippen LogP contribution in [0, 0.1) is 12.8 Å². The van der Waals surface area contributed by atoms with E-state index in [-0.39, 0.29) is 0 Å². The van der Waals surface area contributed by atoms with Crippen LogP contribution < -0.4 is 11.3 Å². The van der Waals surface area contributed by atoms with Crippen molar-refractivity contribution in [3.05, 3.63) is 16.1 Å². The Balaban J connectivity index is 1.90. The Morgan fingerprint density at radius 3 is 3.00 bits per heavy atom. The fraction of sp³-hybridized carbons (Fsp3) is 0.700. The van der Waals surface area contributed by atoms with Gasteiger partial charge in [-0.2, -0.15) is 0 Å². The monoisotopic (exact) mass is 211 g/mol. The molecule has 1 aromatic rings.